The van der Waals surface area contributed by atoms with Gasteiger partial charge in [0.25, 0.3) is 0 Å². The Hall–Kier alpha value is -3.68. The average molecular weight is 462 g/mol. The van der Waals surface area contributed by atoms with Gasteiger partial charge in [-0.3, -0.25) is 9.78 Å². The smallest absolute Gasteiger partial charge is 0.238 e. The maximum absolute atomic E-state index is 12.0. The van der Waals surface area contributed by atoms with Crippen molar-refractivity contribution in [3.8, 4) is 33.8 Å². The molecular formula is C25H24ClN5O2. The number of likely N-dealkylation sites (N-methyl/N-ethyl adjacent to an activating group) is 1. The minimum Gasteiger partial charge on any atom is -0.495 e. The molecule has 0 aliphatic heterocycles. The molecule has 0 atom stereocenters. The number of aromatic nitrogens is 3. The summed E-state index contributed by atoms with van der Waals surface area (Å²) in [4.78, 5) is 18.0. The van der Waals surface area contributed by atoms with E-state index in [1.165, 1.54) is 0 Å². The van der Waals surface area contributed by atoms with E-state index in [1.54, 1.807) is 25.6 Å². The van der Waals surface area contributed by atoms with Crippen LogP contribution in [0.3, 0.4) is 0 Å². The van der Waals surface area contributed by atoms with Crippen molar-refractivity contribution in [2.75, 3.05) is 33.1 Å². The molecule has 1 amide bonds. The zero-order chi connectivity index (χ0) is 23.4. The standard InChI is InChI=1S/C25H24ClN5O2/c1-30(2)16-24(32)28-19-5-7-20(8-6-19)31-15-21(17-10-12-27-13-11-17)25(29-31)18-4-9-22(26)23(14-18)33-3/h4-15H,16H2,1-3H3,(H,28,32). The molecule has 0 saturated carbocycles. The first-order chi connectivity index (χ1) is 15.9. The topological polar surface area (TPSA) is 72.3 Å². The fourth-order valence-electron chi connectivity index (χ4n) is 3.45. The van der Waals surface area contributed by atoms with Crippen LogP contribution in [0.1, 0.15) is 0 Å². The number of amides is 1. The van der Waals surface area contributed by atoms with E-state index in [-0.39, 0.29) is 5.91 Å². The van der Waals surface area contributed by atoms with Crippen molar-refractivity contribution in [2.24, 2.45) is 0 Å². The number of methoxy groups -OCH3 is 1. The van der Waals surface area contributed by atoms with Crippen LogP contribution in [0.5, 0.6) is 5.75 Å². The van der Waals surface area contributed by atoms with Crippen LogP contribution in [0.25, 0.3) is 28.1 Å². The molecule has 2 aromatic heterocycles. The Balaban J connectivity index is 1.71. The van der Waals surface area contributed by atoms with Crippen molar-refractivity contribution < 1.29 is 9.53 Å². The lowest BCUT2D eigenvalue weighted by molar-refractivity contribution is -0.116. The molecule has 0 saturated heterocycles. The van der Waals surface area contributed by atoms with Gasteiger partial charge in [-0.05, 0) is 68.2 Å². The van der Waals surface area contributed by atoms with Gasteiger partial charge in [-0.25, -0.2) is 4.68 Å². The second kappa shape index (κ2) is 9.85. The second-order valence-electron chi connectivity index (χ2n) is 7.75. The predicted molar refractivity (Wildman–Crippen MR) is 131 cm³/mol. The maximum Gasteiger partial charge on any atom is 0.238 e. The number of nitrogens with zero attached hydrogens (tertiary/aromatic N) is 4. The van der Waals surface area contributed by atoms with Gasteiger partial charge in [0.1, 0.15) is 11.4 Å². The van der Waals surface area contributed by atoms with Gasteiger partial charge in [0, 0.05) is 35.4 Å². The molecule has 168 valence electrons. The number of carbonyl (C=O) groups is 1. The Morgan fingerprint density at radius 1 is 1.06 bits per heavy atom. The van der Waals surface area contributed by atoms with Crippen molar-refractivity contribution in [3.63, 3.8) is 0 Å². The molecule has 8 heteroatoms. The van der Waals surface area contributed by atoms with Crippen LogP contribution < -0.4 is 10.1 Å². The maximum atomic E-state index is 12.0. The SMILES string of the molecule is COc1cc(-c2nn(-c3ccc(NC(=O)CN(C)C)cc3)cc2-c2ccncc2)ccc1Cl. The third kappa shape index (κ3) is 5.22. The first kappa shape index (κ1) is 22.5. The van der Waals surface area contributed by atoms with E-state index in [9.17, 15) is 4.79 Å². The van der Waals surface area contributed by atoms with Crippen LogP contribution in [-0.2, 0) is 4.79 Å². The highest BCUT2D eigenvalue weighted by Gasteiger charge is 2.16. The van der Waals surface area contributed by atoms with Crippen molar-refractivity contribution in [3.05, 3.63) is 78.2 Å². The highest BCUT2D eigenvalue weighted by Crippen LogP contribution is 2.35. The zero-order valence-electron chi connectivity index (χ0n) is 18.6. The number of halogens is 1. The minimum atomic E-state index is -0.0641. The predicted octanol–water partition coefficient (Wildman–Crippen LogP) is 4.76. The fraction of sp³-hybridized carbons (Fsp3) is 0.160. The highest BCUT2D eigenvalue weighted by atomic mass is 35.5. The first-order valence-corrected chi connectivity index (χ1v) is 10.7. The van der Waals surface area contributed by atoms with E-state index < -0.39 is 0 Å². The number of ether oxygens (including phenoxy) is 1. The second-order valence-corrected chi connectivity index (χ2v) is 8.16. The molecular weight excluding hydrogens is 438 g/mol. The Labute approximate surface area is 197 Å². The van der Waals surface area contributed by atoms with Crippen molar-refractivity contribution in [1.29, 1.82) is 0 Å². The van der Waals surface area contributed by atoms with Gasteiger partial charge < -0.3 is 15.0 Å². The normalized spacial score (nSPS) is 10.9. The van der Waals surface area contributed by atoms with Crippen LogP contribution in [-0.4, -0.2) is 53.3 Å². The third-order valence-electron chi connectivity index (χ3n) is 5.01. The van der Waals surface area contributed by atoms with Crippen LogP contribution in [0.15, 0.2) is 73.2 Å². The molecule has 0 radical (unpaired) electrons. The Morgan fingerprint density at radius 3 is 2.45 bits per heavy atom. The van der Waals surface area contributed by atoms with Gasteiger partial charge in [-0.15, -0.1) is 0 Å². The molecule has 0 spiro atoms. The molecule has 2 aromatic carbocycles. The molecule has 0 aliphatic carbocycles. The summed E-state index contributed by atoms with van der Waals surface area (Å²) in [5, 5.41) is 8.30. The van der Waals surface area contributed by atoms with E-state index in [4.69, 9.17) is 21.4 Å². The summed E-state index contributed by atoms with van der Waals surface area (Å²) < 4.78 is 7.22. The highest BCUT2D eigenvalue weighted by molar-refractivity contribution is 6.32. The molecule has 4 aromatic rings. The van der Waals surface area contributed by atoms with Gasteiger partial charge >= 0.3 is 0 Å². The van der Waals surface area contributed by atoms with Crippen LogP contribution in [0.2, 0.25) is 5.02 Å². The molecule has 7 nitrogen and oxygen atoms in total. The summed E-state index contributed by atoms with van der Waals surface area (Å²) in [6, 6.07) is 17.1. The van der Waals surface area contributed by atoms with Gasteiger partial charge in [0.15, 0.2) is 0 Å². The Kier molecular flexibility index (Phi) is 6.72. The summed E-state index contributed by atoms with van der Waals surface area (Å²) in [6.45, 7) is 0.324. The monoisotopic (exact) mass is 461 g/mol. The number of nitrogens with one attached hydrogen (secondary N) is 1. The van der Waals surface area contributed by atoms with E-state index in [0.717, 1.165) is 33.8 Å². The number of hydrogen-bond acceptors (Lipinski definition) is 5. The number of pyridine rings is 1. The molecule has 0 fully saturated rings. The summed E-state index contributed by atoms with van der Waals surface area (Å²) in [5.41, 5.74) is 5.21. The van der Waals surface area contributed by atoms with Gasteiger partial charge in [0.2, 0.25) is 5.91 Å². The lowest BCUT2D eigenvalue weighted by Gasteiger charge is -2.10. The Morgan fingerprint density at radius 2 is 1.79 bits per heavy atom. The van der Waals surface area contributed by atoms with E-state index in [1.807, 2.05) is 78.4 Å². The number of benzene rings is 2. The van der Waals surface area contributed by atoms with Gasteiger partial charge in [0.05, 0.1) is 24.4 Å². The van der Waals surface area contributed by atoms with Crippen LogP contribution >= 0.6 is 11.6 Å². The molecule has 2 heterocycles. The summed E-state index contributed by atoms with van der Waals surface area (Å²) >= 11 is 6.23. The number of hydrogen-bond donors (Lipinski definition) is 1. The minimum absolute atomic E-state index is 0.0641. The van der Waals surface area contributed by atoms with Crippen LogP contribution in [0.4, 0.5) is 5.69 Å². The summed E-state index contributed by atoms with van der Waals surface area (Å²) in [5.74, 6) is 0.521. The number of rotatable bonds is 7. The largest absolute Gasteiger partial charge is 0.495 e. The zero-order valence-corrected chi connectivity index (χ0v) is 19.4. The quantitative estimate of drug-likeness (QED) is 0.429. The van der Waals surface area contributed by atoms with Gasteiger partial charge in [-0.2, -0.15) is 5.10 Å². The summed E-state index contributed by atoms with van der Waals surface area (Å²) in [7, 11) is 5.30. The molecule has 0 bridgehead atoms. The lowest BCUT2D eigenvalue weighted by Crippen LogP contribution is -2.27. The molecule has 0 unspecified atom stereocenters. The van der Waals surface area contributed by atoms with Gasteiger partial charge in [-0.1, -0.05) is 17.7 Å². The van der Waals surface area contributed by atoms with Crippen molar-refractivity contribution in [1.82, 2.24) is 19.7 Å². The van der Waals surface area contributed by atoms with E-state index >= 15 is 0 Å². The fourth-order valence-corrected chi connectivity index (χ4v) is 3.65. The Bertz CT molecular complexity index is 1250. The molecule has 33 heavy (non-hydrogen) atoms. The van der Waals surface area contributed by atoms with Crippen molar-refractivity contribution in [2.45, 2.75) is 0 Å². The molecule has 4 rings (SSSR count). The summed E-state index contributed by atoms with van der Waals surface area (Å²) in [6.07, 6.45) is 5.49. The van der Waals surface area contributed by atoms with E-state index in [2.05, 4.69) is 10.3 Å². The van der Waals surface area contributed by atoms with E-state index in [0.29, 0.717) is 17.3 Å². The number of carbonyl (C=O) groups excluding carboxylic acids is 1. The molecule has 0 aliphatic rings. The van der Waals surface area contributed by atoms with Crippen molar-refractivity contribution >= 4 is 23.2 Å². The first-order valence-electron chi connectivity index (χ1n) is 10.3. The van der Waals surface area contributed by atoms with Crippen LogP contribution in [0, 0.1) is 0 Å². The third-order valence-corrected chi connectivity index (χ3v) is 5.32. The lowest BCUT2D eigenvalue weighted by atomic mass is 10.0. The number of anilines is 1. The average Bonchev–Trinajstić information content (AvgIpc) is 3.25. The molecule has 1 N–H and O–H groups in total.